The maximum Gasteiger partial charge on any atom is 0.00610 e. The third-order valence-corrected chi connectivity index (χ3v) is 11.3. The molecule has 0 spiro atoms. The largest absolute Gasteiger partial charge is 0.0651 e. The summed E-state index contributed by atoms with van der Waals surface area (Å²) in [6.45, 7) is 10.9. The Morgan fingerprint density at radius 3 is 1.18 bits per heavy atom. The summed E-state index contributed by atoms with van der Waals surface area (Å²) in [5.41, 5.74) is 10.7. The molecule has 0 radical (unpaired) electrons. The summed E-state index contributed by atoms with van der Waals surface area (Å²) in [4.78, 5) is 0. The van der Waals surface area contributed by atoms with Crippen molar-refractivity contribution in [2.75, 3.05) is 0 Å². The van der Waals surface area contributed by atoms with Gasteiger partial charge in [-0.3, -0.25) is 0 Å². The minimum Gasteiger partial charge on any atom is -0.0651 e. The summed E-state index contributed by atoms with van der Waals surface area (Å²) < 4.78 is 0. The van der Waals surface area contributed by atoms with E-state index in [0.717, 1.165) is 0 Å². The van der Waals surface area contributed by atoms with Crippen LogP contribution in [0.2, 0.25) is 0 Å². The van der Waals surface area contributed by atoms with E-state index in [0.29, 0.717) is 5.92 Å². The highest BCUT2D eigenvalue weighted by atomic mass is 14.1. The fourth-order valence-corrected chi connectivity index (χ4v) is 7.81. The van der Waals surface area contributed by atoms with E-state index in [1.165, 1.54) is 100 Å². The van der Waals surface area contributed by atoms with Crippen LogP contribution in [0.25, 0.3) is 54.2 Å². The van der Waals surface area contributed by atoms with E-state index >= 15 is 0 Å². The Morgan fingerprint density at radius 2 is 0.700 bits per heavy atom. The summed E-state index contributed by atoms with van der Waals surface area (Å²) >= 11 is 0. The third kappa shape index (κ3) is 10.6. The van der Waals surface area contributed by atoms with Gasteiger partial charge in [0.1, 0.15) is 0 Å². The average Bonchev–Trinajstić information content (AvgIpc) is 3.30. The van der Waals surface area contributed by atoms with Crippen molar-refractivity contribution >= 4 is 43.1 Å². The zero-order valence-electron chi connectivity index (χ0n) is 35.8. The predicted molar refractivity (Wildman–Crippen MR) is 263 cm³/mol. The molecule has 1 atom stereocenters. The Balaban J connectivity index is 0.000000126. The van der Waals surface area contributed by atoms with Gasteiger partial charge < -0.3 is 0 Å². The van der Waals surface area contributed by atoms with E-state index in [2.05, 4.69) is 253 Å². The summed E-state index contributed by atoms with van der Waals surface area (Å²) in [5, 5.41) is 10.7. The van der Waals surface area contributed by atoms with Crippen LogP contribution < -0.4 is 0 Å². The molecule has 0 aliphatic carbocycles. The van der Waals surface area contributed by atoms with Crippen LogP contribution in [0.3, 0.4) is 0 Å². The van der Waals surface area contributed by atoms with Gasteiger partial charge >= 0.3 is 0 Å². The maximum absolute atomic E-state index is 2.26. The van der Waals surface area contributed by atoms with E-state index in [9.17, 15) is 0 Å². The van der Waals surface area contributed by atoms with Crippen LogP contribution in [0, 0.1) is 20.8 Å². The van der Waals surface area contributed by atoms with Crippen LogP contribution in [0.4, 0.5) is 0 Å². The summed E-state index contributed by atoms with van der Waals surface area (Å²) in [7, 11) is 0. The van der Waals surface area contributed by atoms with Crippen LogP contribution in [0.15, 0.2) is 218 Å². The van der Waals surface area contributed by atoms with Crippen molar-refractivity contribution in [2.45, 2.75) is 53.4 Å². The molecule has 0 saturated carbocycles. The van der Waals surface area contributed by atoms with Crippen molar-refractivity contribution in [3.63, 3.8) is 0 Å². The zero-order chi connectivity index (χ0) is 41.7. The molecule has 296 valence electrons. The minimum absolute atomic E-state index is 0.429. The first-order valence-electron chi connectivity index (χ1n) is 21.4. The highest BCUT2D eigenvalue weighted by molar-refractivity contribution is 6.08. The number of rotatable bonds is 5. The standard InChI is InChI=1S/C21H20.2C15H12.C9H12/c1-16-8-10-20(11-9-16)21-14-12-19(13-15-21)17(2)18-6-4-3-5-7-18;2*1-11-6-7-13-9-8-12-4-2-3-5-14(12)15(13)10-11;1-2-6-9-7-4-3-5-8-9/h3-15,17H,1-2H3;2*2-10H,1H3;3-5,7-8H,2,6H2,1H3. The molecule has 0 fully saturated rings. The van der Waals surface area contributed by atoms with E-state index in [-0.39, 0.29) is 0 Å². The van der Waals surface area contributed by atoms with Gasteiger partial charge in [-0.05, 0) is 98.1 Å². The molecule has 0 bridgehead atoms. The molecule has 10 aromatic carbocycles. The van der Waals surface area contributed by atoms with Gasteiger partial charge in [0, 0.05) is 5.92 Å². The molecular formula is C60H56. The van der Waals surface area contributed by atoms with E-state index < -0.39 is 0 Å². The quantitative estimate of drug-likeness (QED) is 0.153. The first kappa shape index (κ1) is 41.4. The van der Waals surface area contributed by atoms with E-state index in [1.54, 1.807) is 0 Å². The predicted octanol–water partition coefficient (Wildman–Crippen LogP) is 17.1. The summed E-state index contributed by atoms with van der Waals surface area (Å²) in [5.74, 6) is 0.429. The summed E-state index contributed by atoms with van der Waals surface area (Å²) in [6, 6.07) is 77.9. The number of hydrogen-bond acceptors (Lipinski definition) is 0. The van der Waals surface area contributed by atoms with Gasteiger partial charge in [-0.25, -0.2) is 0 Å². The van der Waals surface area contributed by atoms with Crippen molar-refractivity contribution in [1.29, 1.82) is 0 Å². The Hall–Kier alpha value is -6.76. The van der Waals surface area contributed by atoms with Crippen molar-refractivity contribution < 1.29 is 0 Å². The second kappa shape index (κ2) is 20.3. The fraction of sp³-hybridized carbons (Fsp3) is 0.133. The zero-order valence-corrected chi connectivity index (χ0v) is 35.8. The molecule has 1 unspecified atom stereocenters. The summed E-state index contributed by atoms with van der Waals surface area (Å²) in [6.07, 6.45) is 2.45. The number of fused-ring (bicyclic) bond motifs is 6. The van der Waals surface area contributed by atoms with Crippen molar-refractivity contribution in [3.05, 3.63) is 252 Å². The van der Waals surface area contributed by atoms with Crippen LogP contribution in [-0.4, -0.2) is 0 Å². The highest BCUT2D eigenvalue weighted by Gasteiger charge is 2.08. The molecule has 0 aliphatic heterocycles. The Labute approximate surface area is 357 Å². The van der Waals surface area contributed by atoms with Crippen LogP contribution in [0.1, 0.15) is 59.6 Å². The lowest BCUT2D eigenvalue weighted by molar-refractivity contribution is 0.922. The van der Waals surface area contributed by atoms with Crippen molar-refractivity contribution in [1.82, 2.24) is 0 Å². The molecule has 10 aromatic rings. The topological polar surface area (TPSA) is 0 Å². The maximum atomic E-state index is 2.26. The van der Waals surface area contributed by atoms with Gasteiger partial charge in [0.05, 0.1) is 0 Å². The normalized spacial score (nSPS) is 11.2. The molecule has 60 heavy (non-hydrogen) atoms. The molecule has 0 N–H and O–H groups in total. The highest BCUT2D eigenvalue weighted by Crippen LogP contribution is 2.29. The van der Waals surface area contributed by atoms with Gasteiger partial charge in [0.15, 0.2) is 0 Å². The average molecular weight is 777 g/mol. The number of hydrogen-bond donors (Lipinski definition) is 0. The first-order chi connectivity index (χ1) is 29.4. The molecule has 0 saturated heterocycles. The van der Waals surface area contributed by atoms with Crippen LogP contribution in [0.5, 0.6) is 0 Å². The van der Waals surface area contributed by atoms with Crippen LogP contribution >= 0.6 is 0 Å². The lowest BCUT2D eigenvalue weighted by atomic mass is 9.92. The Kier molecular flexibility index (Phi) is 14.0. The molecule has 0 amide bonds. The minimum atomic E-state index is 0.429. The van der Waals surface area contributed by atoms with E-state index in [1.807, 2.05) is 0 Å². The second-order valence-electron chi connectivity index (χ2n) is 15.9. The van der Waals surface area contributed by atoms with E-state index in [4.69, 9.17) is 0 Å². The molecule has 0 aromatic heterocycles. The van der Waals surface area contributed by atoms with Crippen molar-refractivity contribution in [2.24, 2.45) is 0 Å². The van der Waals surface area contributed by atoms with Crippen molar-refractivity contribution in [3.8, 4) is 11.1 Å². The SMILES string of the molecule is CCCc1ccccc1.Cc1ccc(-c2ccc(C(C)c3ccccc3)cc2)cc1.Cc1ccc2ccc3ccccc3c2c1.Cc1ccc2ccc3ccccc3c2c1. The Morgan fingerprint density at radius 1 is 0.333 bits per heavy atom. The van der Waals surface area contributed by atoms with Crippen LogP contribution in [-0.2, 0) is 6.42 Å². The molecule has 10 rings (SSSR count). The molecule has 0 heteroatoms. The number of benzene rings is 10. The lowest BCUT2D eigenvalue weighted by Gasteiger charge is -2.13. The lowest BCUT2D eigenvalue weighted by Crippen LogP contribution is -1.95. The second-order valence-corrected chi connectivity index (χ2v) is 15.9. The molecule has 0 heterocycles. The smallest absolute Gasteiger partial charge is 0.00610 e. The van der Waals surface area contributed by atoms with Gasteiger partial charge in [0.25, 0.3) is 0 Å². The molecule has 0 nitrogen and oxygen atoms in total. The van der Waals surface area contributed by atoms with Gasteiger partial charge in [0.2, 0.25) is 0 Å². The number of aryl methyl sites for hydroxylation is 4. The first-order valence-corrected chi connectivity index (χ1v) is 21.4. The Bertz CT molecular complexity index is 2770. The molecule has 0 aliphatic rings. The van der Waals surface area contributed by atoms with Gasteiger partial charge in [-0.2, -0.15) is 0 Å². The third-order valence-electron chi connectivity index (χ3n) is 11.3. The monoisotopic (exact) mass is 776 g/mol. The molecular weight excluding hydrogens is 721 g/mol. The van der Waals surface area contributed by atoms with Gasteiger partial charge in [-0.15, -0.1) is 0 Å². The van der Waals surface area contributed by atoms with Gasteiger partial charge in [-0.1, -0.05) is 255 Å². The fourth-order valence-electron chi connectivity index (χ4n) is 7.81.